The number of hydrogen-bond donors (Lipinski definition) is 2. The normalized spacial score (nSPS) is 10.2. The van der Waals surface area contributed by atoms with Crippen LogP contribution < -0.4 is 11.1 Å². The van der Waals surface area contributed by atoms with Gasteiger partial charge < -0.3 is 11.1 Å². The third-order valence-electron chi connectivity index (χ3n) is 1.89. The summed E-state index contributed by atoms with van der Waals surface area (Å²) in [6, 6.07) is 8.02. The Morgan fingerprint density at radius 3 is 2.67 bits per heavy atom. The highest BCUT2D eigenvalue weighted by Crippen LogP contribution is 2.16. The number of anilines is 2. The van der Waals surface area contributed by atoms with Crippen LogP contribution >= 0.6 is 27.3 Å². The van der Waals surface area contributed by atoms with Crippen LogP contribution in [0, 0.1) is 0 Å². The molecular weight excluding hydrogens is 274 g/mol. The Kier molecular flexibility index (Phi) is 3.23. The molecule has 0 aliphatic rings. The molecule has 0 bridgehead atoms. The topological polar surface area (TPSA) is 50.9 Å². The second kappa shape index (κ2) is 4.63. The summed E-state index contributed by atoms with van der Waals surface area (Å²) < 4.78 is 1.07. The first-order valence-corrected chi connectivity index (χ1v) is 6.10. The lowest BCUT2D eigenvalue weighted by Crippen LogP contribution is -1.99. The summed E-state index contributed by atoms with van der Waals surface area (Å²) in [6.07, 6.45) is 0. The van der Waals surface area contributed by atoms with E-state index in [0.29, 0.717) is 11.7 Å². The Balaban J connectivity index is 1.96. The van der Waals surface area contributed by atoms with Crippen LogP contribution in [-0.4, -0.2) is 4.98 Å². The maximum Gasteiger partial charge on any atom is 0.180 e. The van der Waals surface area contributed by atoms with E-state index < -0.39 is 0 Å². The van der Waals surface area contributed by atoms with Crippen LogP contribution in [0.25, 0.3) is 0 Å². The van der Waals surface area contributed by atoms with Crippen LogP contribution in [0.5, 0.6) is 0 Å². The van der Waals surface area contributed by atoms with E-state index in [0.717, 1.165) is 15.9 Å². The Morgan fingerprint density at radius 2 is 2.07 bits per heavy atom. The van der Waals surface area contributed by atoms with Gasteiger partial charge in [-0.1, -0.05) is 15.9 Å². The van der Waals surface area contributed by atoms with Crippen LogP contribution in [0.4, 0.5) is 10.8 Å². The third kappa shape index (κ3) is 2.94. The van der Waals surface area contributed by atoms with Gasteiger partial charge in [-0.2, -0.15) is 0 Å². The molecule has 3 nitrogen and oxygen atoms in total. The lowest BCUT2D eigenvalue weighted by atomic mass is 10.3. The number of aromatic nitrogens is 1. The number of nitrogens with two attached hydrogens (primary N) is 1. The average Bonchev–Trinajstić information content (AvgIpc) is 2.64. The molecule has 15 heavy (non-hydrogen) atoms. The van der Waals surface area contributed by atoms with E-state index >= 15 is 0 Å². The molecule has 0 fully saturated rings. The fourth-order valence-corrected chi connectivity index (χ4v) is 1.99. The summed E-state index contributed by atoms with van der Waals surface area (Å²) in [5.74, 6) is 0. The van der Waals surface area contributed by atoms with Crippen LogP contribution in [0.15, 0.2) is 34.1 Å². The standard InChI is InChI=1S/C10H10BrN3S/c11-7-1-3-8(4-2-7)13-5-9-6-15-10(12)14-9/h1-4,6,13H,5H2,(H2,12,14). The zero-order valence-electron chi connectivity index (χ0n) is 7.90. The number of halogens is 1. The molecule has 2 rings (SSSR count). The van der Waals surface area contributed by atoms with Gasteiger partial charge in [-0.3, -0.25) is 0 Å². The number of nitrogens with one attached hydrogen (secondary N) is 1. The molecule has 1 heterocycles. The smallest absolute Gasteiger partial charge is 0.180 e. The Morgan fingerprint density at radius 1 is 1.33 bits per heavy atom. The van der Waals surface area contributed by atoms with Crippen molar-refractivity contribution in [2.45, 2.75) is 6.54 Å². The molecule has 0 saturated carbocycles. The molecule has 1 aromatic heterocycles. The Hall–Kier alpha value is -1.07. The van der Waals surface area contributed by atoms with E-state index in [9.17, 15) is 0 Å². The highest BCUT2D eigenvalue weighted by Gasteiger charge is 1.98. The second-order valence-electron chi connectivity index (χ2n) is 3.04. The molecule has 5 heteroatoms. The molecule has 0 aliphatic carbocycles. The number of hydrogen-bond acceptors (Lipinski definition) is 4. The molecule has 0 spiro atoms. The van der Waals surface area contributed by atoms with E-state index in [-0.39, 0.29) is 0 Å². The van der Waals surface area contributed by atoms with E-state index in [1.165, 1.54) is 11.3 Å². The molecular formula is C10H10BrN3S. The maximum absolute atomic E-state index is 5.54. The summed E-state index contributed by atoms with van der Waals surface area (Å²) in [6.45, 7) is 0.704. The van der Waals surface area contributed by atoms with Crippen molar-refractivity contribution in [3.8, 4) is 0 Å². The summed E-state index contributed by atoms with van der Waals surface area (Å²) in [5, 5.41) is 5.84. The molecule has 0 atom stereocenters. The van der Waals surface area contributed by atoms with Crippen molar-refractivity contribution < 1.29 is 0 Å². The molecule has 0 radical (unpaired) electrons. The van der Waals surface area contributed by atoms with Gasteiger partial charge in [0.1, 0.15) is 0 Å². The van der Waals surface area contributed by atoms with Gasteiger partial charge in [0.2, 0.25) is 0 Å². The SMILES string of the molecule is Nc1nc(CNc2ccc(Br)cc2)cs1. The number of thiazole rings is 1. The minimum atomic E-state index is 0.614. The van der Waals surface area contributed by atoms with Crippen molar-refractivity contribution in [2.24, 2.45) is 0 Å². The van der Waals surface area contributed by atoms with Crippen LogP contribution in [-0.2, 0) is 6.54 Å². The molecule has 0 saturated heterocycles. The van der Waals surface area contributed by atoms with Gasteiger partial charge in [-0.15, -0.1) is 11.3 Å². The first kappa shape index (κ1) is 10.4. The molecule has 3 N–H and O–H groups in total. The molecule has 1 aromatic carbocycles. The zero-order chi connectivity index (χ0) is 10.7. The van der Waals surface area contributed by atoms with Crippen LogP contribution in [0.2, 0.25) is 0 Å². The van der Waals surface area contributed by atoms with Crippen molar-refractivity contribution in [1.29, 1.82) is 0 Å². The monoisotopic (exact) mass is 283 g/mol. The molecule has 0 unspecified atom stereocenters. The van der Waals surface area contributed by atoms with E-state index in [4.69, 9.17) is 5.73 Å². The molecule has 0 amide bonds. The summed E-state index contributed by atoms with van der Waals surface area (Å²) in [5.41, 5.74) is 7.59. The van der Waals surface area contributed by atoms with Gasteiger partial charge in [0.05, 0.1) is 12.2 Å². The quantitative estimate of drug-likeness (QED) is 0.910. The summed E-state index contributed by atoms with van der Waals surface area (Å²) in [7, 11) is 0. The minimum Gasteiger partial charge on any atom is -0.379 e. The third-order valence-corrected chi connectivity index (χ3v) is 3.14. The number of nitrogen functional groups attached to an aromatic ring is 1. The fraction of sp³-hybridized carbons (Fsp3) is 0.100. The van der Waals surface area contributed by atoms with Gasteiger partial charge in [0, 0.05) is 15.5 Å². The van der Waals surface area contributed by atoms with Crippen molar-refractivity contribution in [1.82, 2.24) is 4.98 Å². The van der Waals surface area contributed by atoms with Crippen LogP contribution in [0.1, 0.15) is 5.69 Å². The van der Waals surface area contributed by atoms with E-state index in [1.54, 1.807) is 0 Å². The first-order chi connectivity index (χ1) is 7.24. The minimum absolute atomic E-state index is 0.614. The average molecular weight is 284 g/mol. The highest BCUT2D eigenvalue weighted by atomic mass is 79.9. The van der Waals surface area contributed by atoms with Gasteiger partial charge in [0.15, 0.2) is 5.13 Å². The lowest BCUT2D eigenvalue weighted by molar-refractivity contribution is 1.08. The van der Waals surface area contributed by atoms with Gasteiger partial charge in [-0.05, 0) is 24.3 Å². The van der Waals surface area contributed by atoms with Crippen molar-refractivity contribution in [3.05, 3.63) is 39.8 Å². The zero-order valence-corrected chi connectivity index (χ0v) is 10.3. The first-order valence-electron chi connectivity index (χ1n) is 4.43. The number of nitrogens with zero attached hydrogens (tertiary/aromatic N) is 1. The van der Waals surface area contributed by atoms with Crippen molar-refractivity contribution in [2.75, 3.05) is 11.1 Å². The summed E-state index contributed by atoms with van der Waals surface area (Å²) in [4.78, 5) is 4.17. The van der Waals surface area contributed by atoms with Crippen molar-refractivity contribution >= 4 is 38.1 Å². The number of benzene rings is 1. The van der Waals surface area contributed by atoms with E-state index in [2.05, 4.69) is 26.2 Å². The second-order valence-corrected chi connectivity index (χ2v) is 4.84. The fourth-order valence-electron chi connectivity index (χ4n) is 1.16. The summed E-state index contributed by atoms with van der Waals surface area (Å²) >= 11 is 4.85. The predicted octanol–water partition coefficient (Wildman–Crippen LogP) is 3.10. The molecule has 2 aromatic rings. The van der Waals surface area contributed by atoms with E-state index in [1.807, 2.05) is 29.6 Å². The largest absolute Gasteiger partial charge is 0.379 e. The highest BCUT2D eigenvalue weighted by molar-refractivity contribution is 9.10. The van der Waals surface area contributed by atoms with Crippen molar-refractivity contribution in [3.63, 3.8) is 0 Å². The maximum atomic E-state index is 5.54. The lowest BCUT2D eigenvalue weighted by Gasteiger charge is -2.03. The van der Waals surface area contributed by atoms with Crippen LogP contribution in [0.3, 0.4) is 0 Å². The Bertz CT molecular complexity index is 438. The molecule has 78 valence electrons. The van der Waals surface area contributed by atoms with Gasteiger partial charge in [-0.25, -0.2) is 4.98 Å². The molecule has 0 aliphatic heterocycles. The Labute approximate surface area is 100 Å². The number of rotatable bonds is 3. The van der Waals surface area contributed by atoms with Gasteiger partial charge in [0.25, 0.3) is 0 Å². The van der Waals surface area contributed by atoms with Gasteiger partial charge >= 0.3 is 0 Å². The predicted molar refractivity (Wildman–Crippen MR) is 68.0 cm³/mol.